The third-order valence-electron chi connectivity index (χ3n) is 3.00. The molecule has 1 aliphatic heterocycles. The first-order valence-corrected chi connectivity index (χ1v) is 6.46. The average molecular weight is 278 g/mol. The summed E-state index contributed by atoms with van der Waals surface area (Å²) in [6.07, 6.45) is 1.54. The fourth-order valence-electron chi connectivity index (χ4n) is 2.14. The van der Waals surface area contributed by atoms with Crippen molar-refractivity contribution in [3.05, 3.63) is 29.1 Å². The van der Waals surface area contributed by atoms with E-state index >= 15 is 0 Å². The minimum atomic E-state index is -0.964. The Hall–Kier alpha value is -2.11. The molecule has 6 nitrogen and oxygen atoms in total. The summed E-state index contributed by atoms with van der Waals surface area (Å²) < 4.78 is 5.31. The molecule has 1 aliphatic rings. The molecular formula is C14H18N2O4. The number of nitrogens with zero attached hydrogens (tertiary/aromatic N) is 2. The third-order valence-corrected chi connectivity index (χ3v) is 3.00. The van der Waals surface area contributed by atoms with Gasteiger partial charge < -0.3 is 14.7 Å². The predicted octanol–water partition coefficient (Wildman–Crippen LogP) is 2.07. The van der Waals surface area contributed by atoms with Crippen LogP contribution < -0.4 is 0 Å². The molecule has 2 rings (SSSR count). The Morgan fingerprint density at radius 1 is 1.40 bits per heavy atom. The molecule has 1 aromatic heterocycles. The van der Waals surface area contributed by atoms with E-state index in [-0.39, 0.29) is 12.1 Å². The molecule has 1 amide bonds. The first-order valence-electron chi connectivity index (χ1n) is 6.46. The number of rotatable bonds is 1. The van der Waals surface area contributed by atoms with Crippen molar-refractivity contribution in [3.63, 3.8) is 0 Å². The maximum Gasteiger partial charge on any atom is 0.410 e. The lowest BCUT2D eigenvalue weighted by atomic mass is 9.99. The van der Waals surface area contributed by atoms with Crippen molar-refractivity contribution in [3.8, 4) is 0 Å². The number of fused-ring (bicyclic) bond motifs is 1. The Balaban J connectivity index is 2.18. The minimum absolute atomic E-state index is 0.263. The second kappa shape index (κ2) is 5.11. The molecule has 1 aromatic rings. The highest BCUT2D eigenvalue weighted by Crippen LogP contribution is 2.22. The Morgan fingerprint density at radius 2 is 2.10 bits per heavy atom. The molecule has 0 fully saturated rings. The minimum Gasteiger partial charge on any atom is -0.478 e. The van der Waals surface area contributed by atoms with Crippen LogP contribution in [-0.2, 0) is 17.7 Å². The van der Waals surface area contributed by atoms with Crippen LogP contribution in [0.25, 0.3) is 0 Å². The molecule has 0 radical (unpaired) electrons. The lowest BCUT2D eigenvalue weighted by molar-refractivity contribution is 0.0221. The molecule has 0 aliphatic carbocycles. The van der Waals surface area contributed by atoms with Crippen LogP contribution in [0.1, 0.15) is 42.4 Å². The number of carboxylic acid groups (broad SMARTS) is 1. The Kier molecular flexibility index (Phi) is 3.65. The first-order chi connectivity index (χ1) is 9.28. The lowest BCUT2D eigenvalue weighted by Gasteiger charge is -2.31. The highest BCUT2D eigenvalue weighted by Gasteiger charge is 2.28. The van der Waals surface area contributed by atoms with Gasteiger partial charge in [-0.25, -0.2) is 9.59 Å². The third kappa shape index (κ3) is 3.07. The molecule has 6 heteroatoms. The van der Waals surface area contributed by atoms with Gasteiger partial charge in [0, 0.05) is 12.7 Å². The maximum atomic E-state index is 12.0. The van der Waals surface area contributed by atoms with E-state index in [1.807, 2.05) is 20.8 Å². The zero-order chi connectivity index (χ0) is 14.9. The van der Waals surface area contributed by atoms with Gasteiger partial charge in [-0.2, -0.15) is 0 Å². The standard InChI is InChI=1S/C14H18N2O4/c1-14(2,3)20-13(19)16-7-5-9-10(12(17)18)4-6-15-11(9)8-16/h4,6H,5,7-8H2,1-3H3,(H,17,18). The number of aromatic carboxylic acids is 1. The number of hydrogen-bond acceptors (Lipinski definition) is 4. The summed E-state index contributed by atoms with van der Waals surface area (Å²) >= 11 is 0. The van der Waals surface area contributed by atoms with Crippen molar-refractivity contribution in [2.75, 3.05) is 6.54 Å². The summed E-state index contributed by atoms with van der Waals surface area (Å²) in [5.74, 6) is -0.964. The van der Waals surface area contributed by atoms with Crippen LogP contribution in [0.5, 0.6) is 0 Å². The van der Waals surface area contributed by atoms with Gasteiger partial charge in [-0.05, 0) is 38.8 Å². The van der Waals surface area contributed by atoms with Gasteiger partial charge in [0.2, 0.25) is 0 Å². The zero-order valence-electron chi connectivity index (χ0n) is 11.8. The second-order valence-corrected chi connectivity index (χ2v) is 5.74. The topological polar surface area (TPSA) is 79.7 Å². The number of carbonyl (C=O) groups is 2. The highest BCUT2D eigenvalue weighted by atomic mass is 16.6. The van der Waals surface area contributed by atoms with Gasteiger partial charge >= 0.3 is 12.1 Å². The molecule has 108 valence electrons. The number of pyridine rings is 1. The van der Waals surface area contributed by atoms with Gasteiger partial charge in [0.05, 0.1) is 17.8 Å². The Labute approximate surface area is 117 Å². The Bertz CT molecular complexity index is 549. The summed E-state index contributed by atoms with van der Waals surface area (Å²) in [6.45, 7) is 6.15. The quantitative estimate of drug-likeness (QED) is 0.850. The number of carbonyl (C=O) groups excluding carboxylic acids is 1. The van der Waals surface area contributed by atoms with Gasteiger partial charge in [0.25, 0.3) is 0 Å². The molecule has 0 atom stereocenters. The fraction of sp³-hybridized carbons (Fsp3) is 0.500. The molecule has 2 heterocycles. The maximum absolute atomic E-state index is 12.0. The number of hydrogen-bond donors (Lipinski definition) is 1. The van der Waals surface area contributed by atoms with E-state index in [1.165, 1.54) is 12.3 Å². The van der Waals surface area contributed by atoms with Crippen LogP contribution in [0.15, 0.2) is 12.3 Å². The molecule has 0 aromatic carbocycles. The van der Waals surface area contributed by atoms with Crippen molar-refractivity contribution in [2.45, 2.75) is 39.3 Å². The molecule has 0 bridgehead atoms. The molecule has 20 heavy (non-hydrogen) atoms. The number of aromatic nitrogens is 1. The summed E-state index contributed by atoms with van der Waals surface area (Å²) in [6, 6.07) is 1.49. The fourth-order valence-corrected chi connectivity index (χ4v) is 2.14. The van der Waals surface area contributed by atoms with Crippen molar-refractivity contribution >= 4 is 12.1 Å². The Morgan fingerprint density at radius 3 is 2.70 bits per heavy atom. The summed E-state index contributed by atoms with van der Waals surface area (Å²) in [7, 11) is 0. The molecule has 1 N–H and O–H groups in total. The smallest absolute Gasteiger partial charge is 0.410 e. The van der Waals surface area contributed by atoms with Crippen LogP contribution in [0.2, 0.25) is 0 Å². The van der Waals surface area contributed by atoms with E-state index in [1.54, 1.807) is 4.90 Å². The van der Waals surface area contributed by atoms with Gasteiger partial charge in [-0.1, -0.05) is 0 Å². The van der Waals surface area contributed by atoms with E-state index < -0.39 is 17.7 Å². The van der Waals surface area contributed by atoms with Gasteiger partial charge in [-0.3, -0.25) is 4.98 Å². The second-order valence-electron chi connectivity index (χ2n) is 5.74. The SMILES string of the molecule is CC(C)(C)OC(=O)N1CCc2c(C(=O)O)ccnc2C1. The molecule has 0 spiro atoms. The largest absolute Gasteiger partial charge is 0.478 e. The molecule has 0 saturated heterocycles. The summed E-state index contributed by atoms with van der Waals surface area (Å²) in [4.78, 5) is 28.9. The summed E-state index contributed by atoms with van der Waals surface area (Å²) in [5, 5.41) is 9.14. The highest BCUT2D eigenvalue weighted by molar-refractivity contribution is 5.89. The first kappa shape index (κ1) is 14.3. The summed E-state index contributed by atoms with van der Waals surface area (Å²) in [5.41, 5.74) is 1.05. The van der Waals surface area contributed by atoms with Crippen molar-refractivity contribution in [2.24, 2.45) is 0 Å². The molecule has 0 saturated carbocycles. The van der Waals surface area contributed by atoms with E-state index in [0.717, 1.165) is 0 Å². The van der Waals surface area contributed by atoms with Crippen LogP contribution in [0.3, 0.4) is 0 Å². The number of carboxylic acids is 1. The lowest BCUT2D eigenvalue weighted by Crippen LogP contribution is -2.40. The van der Waals surface area contributed by atoms with E-state index in [9.17, 15) is 9.59 Å². The van der Waals surface area contributed by atoms with Gasteiger partial charge in [0.1, 0.15) is 5.60 Å². The normalized spacial score (nSPS) is 14.7. The predicted molar refractivity (Wildman–Crippen MR) is 71.5 cm³/mol. The van der Waals surface area contributed by atoms with Crippen LogP contribution in [-0.4, -0.2) is 39.2 Å². The van der Waals surface area contributed by atoms with Crippen molar-refractivity contribution < 1.29 is 19.4 Å². The van der Waals surface area contributed by atoms with Crippen LogP contribution >= 0.6 is 0 Å². The number of amides is 1. The van der Waals surface area contributed by atoms with E-state index in [2.05, 4.69) is 4.98 Å². The monoisotopic (exact) mass is 278 g/mol. The van der Waals surface area contributed by atoms with Crippen molar-refractivity contribution in [1.29, 1.82) is 0 Å². The van der Waals surface area contributed by atoms with Gasteiger partial charge in [0.15, 0.2) is 0 Å². The van der Waals surface area contributed by atoms with Crippen LogP contribution in [0, 0.1) is 0 Å². The van der Waals surface area contributed by atoms with Gasteiger partial charge in [-0.15, -0.1) is 0 Å². The van der Waals surface area contributed by atoms with Crippen LogP contribution in [0.4, 0.5) is 4.79 Å². The molecule has 0 unspecified atom stereocenters. The number of ether oxygens (including phenoxy) is 1. The van der Waals surface area contributed by atoms with E-state index in [0.29, 0.717) is 24.2 Å². The van der Waals surface area contributed by atoms with E-state index in [4.69, 9.17) is 9.84 Å². The zero-order valence-corrected chi connectivity index (χ0v) is 11.8. The van der Waals surface area contributed by atoms with Crippen molar-refractivity contribution in [1.82, 2.24) is 9.88 Å². The molecular weight excluding hydrogens is 260 g/mol. The average Bonchev–Trinajstić information content (AvgIpc) is 2.35.